The highest BCUT2D eigenvalue weighted by atomic mass is 32.2. The molecule has 1 atom stereocenters. The number of likely N-dealkylation sites (tertiary alicyclic amines) is 2. The lowest BCUT2D eigenvalue weighted by Crippen LogP contribution is -2.53. The molecule has 2 N–H and O–H groups in total. The van der Waals surface area contributed by atoms with Crippen molar-refractivity contribution in [1.29, 1.82) is 0 Å². The van der Waals surface area contributed by atoms with Crippen LogP contribution in [0.3, 0.4) is 0 Å². The molecule has 2 saturated heterocycles. The lowest BCUT2D eigenvalue weighted by molar-refractivity contribution is -0.132. The molecule has 0 aromatic carbocycles. The van der Waals surface area contributed by atoms with E-state index < -0.39 is 0 Å². The van der Waals surface area contributed by atoms with Crippen LogP contribution in [-0.2, 0) is 4.79 Å². The van der Waals surface area contributed by atoms with Gasteiger partial charge in [0.1, 0.15) is 0 Å². The topological polar surface area (TPSA) is 98.5 Å². The van der Waals surface area contributed by atoms with Crippen molar-refractivity contribution in [2.45, 2.75) is 30.5 Å². The first kappa shape index (κ1) is 18.5. The Morgan fingerprint density at radius 2 is 2.30 bits per heavy atom. The Labute approximate surface area is 162 Å². The normalized spacial score (nSPS) is 23.0. The Kier molecular flexibility index (Phi) is 5.25. The van der Waals surface area contributed by atoms with E-state index in [0.29, 0.717) is 22.5 Å². The molecule has 1 unspecified atom stereocenters. The molecule has 0 saturated carbocycles. The number of aliphatic hydroxyl groups is 1. The largest absolute Gasteiger partial charge is 0.461 e. The molecule has 2 aromatic heterocycles. The van der Waals surface area contributed by atoms with Crippen LogP contribution in [0.5, 0.6) is 0 Å². The van der Waals surface area contributed by atoms with Crippen molar-refractivity contribution in [1.82, 2.24) is 25.0 Å². The number of rotatable bonds is 4. The second-order valence-corrected chi connectivity index (χ2v) is 8.61. The van der Waals surface area contributed by atoms with Crippen molar-refractivity contribution < 1.29 is 14.3 Å². The fourth-order valence-electron chi connectivity index (χ4n) is 4.27. The van der Waals surface area contributed by atoms with E-state index >= 15 is 0 Å². The molecule has 2 fully saturated rings. The number of β-amino-alcohol motifs (C(OH)–C–C–N with tert-alkyl or cyclic N) is 1. The summed E-state index contributed by atoms with van der Waals surface area (Å²) in [5.41, 5.74) is 0.151. The van der Waals surface area contributed by atoms with Crippen molar-refractivity contribution in [3.63, 3.8) is 0 Å². The highest BCUT2D eigenvalue weighted by Crippen LogP contribution is 2.39. The van der Waals surface area contributed by atoms with Gasteiger partial charge in [0.25, 0.3) is 0 Å². The maximum atomic E-state index is 12.6. The second kappa shape index (κ2) is 7.65. The van der Waals surface area contributed by atoms with Gasteiger partial charge in [-0.15, -0.1) is 5.10 Å². The number of aromatic amines is 1. The molecule has 0 aliphatic carbocycles. The van der Waals surface area contributed by atoms with Crippen molar-refractivity contribution >= 4 is 17.7 Å². The van der Waals surface area contributed by atoms with E-state index in [2.05, 4.69) is 27.1 Å². The standard InChI is InChI=1S/C18H25N5O3S/c1-22-10-13(24)9-18(12-22)4-6-23(7-5-18)15(25)11-27-17-19-16(20-21-17)14-3-2-8-26-14/h2-3,8,13,24H,4-7,9-12H2,1H3,(H,19,20,21). The van der Waals surface area contributed by atoms with Gasteiger partial charge in [0.2, 0.25) is 11.1 Å². The zero-order valence-corrected chi connectivity index (χ0v) is 16.2. The number of hydrogen-bond donors (Lipinski definition) is 2. The van der Waals surface area contributed by atoms with Crippen LogP contribution in [0.2, 0.25) is 0 Å². The van der Waals surface area contributed by atoms with Crippen molar-refractivity contribution in [2.75, 3.05) is 39.0 Å². The molecule has 4 heterocycles. The summed E-state index contributed by atoms with van der Waals surface area (Å²) >= 11 is 1.33. The molecule has 4 rings (SSSR count). The molecule has 2 aromatic rings. The summed E-state index contributed by atoms with van der Waals surface area (Å²) in [6, 6.07) is 3.60. The fraction of sp³-hybridized carbons (Fsp3) is 0.611. The van der Waals surface area contributed by atoms with Gasteiger partial charge in [-0.05, 0) is 43.9 Å². The second-order valence-electron chi connectivity index (χ2n) is 7.67. The highest BCUT2D eigenvalue weighted by Gasteiger charge is 2.41. The number of nitrogens with zero attached hydrogens (tertiary/aromatic N) is 4. The molecule has 1 amide bonds. The van der Waals surface area contributed by atoms with Gasteiger partial charge in [-0.25, -0.2) is 0 Å². The van der Waals surface area contributed by atoms with Crippen LogP contribution >= 0.6 is 11.8 Å². The molecular formula is C18H25N5O3S. The molecule has 27 heavy (non-hydrogen) atoms. The summed E-state index contributed by atoms with van der Waals surface area (Å²) < 4.78 is 5.28. The van der Waals surface area contributed by atoms with Crippen LogP contribution in [0.15, 0.2) is 28.0 Å². The fourth-order valence-corrected chi connectivity index (χ4v) is 4.97. The third-order valence-electron chi connectivity index (χ3n) is 5.52. The smallest absolute Gasteiger partial charge is 0.233 e. The Hall–Kier alpha value is -1.84. The Balaban J connectivity index is 1.27. The quantitative estimate of drug-likeness (QED) is 0.762. The van der Waals surface area contributed by atoms with Crippen LogP contribution in [0.25, 0.3) is 11.6 Å². The van der Waals surface area contributed by atoms with Crippen LogP contribution in [-0.4, -0.2) is 81.1 Å². The number of furan rings is 1. The molecule has 146 valence electrons. The molecule has 0 bridgehead atoms. The number of aliphatic hydroxyl groups excluding tert-OH is 1. The lowest BCUT2D eigenvalue weighted by Gasteiger charge is -2.48. The average Bonchev–Trinajstić information content (AvgIpc) is 3.31. The predicted octanol–water partition coefficient (Wildman–Crippen LogP) is 1.46. The summed E-state index contributed by atoms with van der Waals surface area (Å²) in [5.74, 6) is 1.63. The van der Waals surface area contributed by atoms with Gasteiger partial charge in [0.15, 0.2) is 11.6 Å². The molecule has 0 radical (unpaired) electrons. The number of aromatic nitrogens is 3. The maximum Gasteiger partial charge on any atom is 0.233 e. The third-order valence-corrected chi connectivity index (χ3v) is 6.35. The molecular weight excluding hydrogens is 366 g/mol. The van der Waals surface area contributed by atoms with E-state index in [1.165, 1.54) is 11.8 Å². The van der Waals surface area contributed by atoms with Crippen LogP contribution in [0.4, 0.5) is 0 Å². The summed E-state index contributed by atoms with van der Waals surface area (Å²) in [7, 11) is 2.06. The molecule has 2 aliphatic rings. The number of thioether (sulfide) groups is 1. The first-order valence-corrected chi connectivity index (χ1v) is 10.3. The van der Waals surface area contributed by atoms with E-state index in [0.717, 1.165) is 45.4 Å². The van der Waals surface area contributed by atoms with Crippen molar-refractivity contribution in [3.8, 4) is 11.6 Å². The molecule has 1 spiro atoms. The number of likely N-dealkylation sites (N-methyl/N-ethyl adjacent to an activating group) is 1. The zero-order valence-electron chi connectivity index (χ0n) is 15.4. The van der Waals surface area contributed by atoms with E-state index in [9.17, 15) is 9.90 Å². The monoisotopic (exact) mass is 391 g/mol. The summed E-state index contributed by atoms with van der Waals surface area (Å²) in [6.45, 7) is 3.27. The predicted molar refractivity (Wildman–Crippen MR) is 101 cm³/mol. The summed E-state index contributed by atoms with van der Waals surface area (Å²) in [5, 5.41) is 17.6. The summed E-state index contributed by atoms with van der Waals surface area (Å²) in [4.78, 5) is 21.1. The van der Waals surface area contributed by atoms with Gasteiger partial charge in [-0.2, -0.15) is 4.98 Å². The molecule has 2 aliphatic heterocycles. The third kappa shape index (κ3) is 4.20. The van der Waals surface area contributed by atoms with E-state index in [4.69, 9.17) is 4.42 Å². The van der Waals surface area contributed by atoms with Crippen LogP contribution in [0.1, 0.15) is 19.3 Å². The maximum absolute atomic E-state index is 12.6. The average molecular weight is 391 g/mol. The number of carbonyl (C=O) groups excluding carboxylic acids is 1. The van der Waals surface area contributed by atoms with Crippen molar-refractivity contribution in [2.24, 2.45) is 5.41 Å². The minimum absolute atomic E-state index is 0.115. The van der Waals surface area contributed by atoms with Gasteiger partial charge in [0, 0.05) is 26.2 Å². The minimum Gasteiger partial charge on any atom is -0.461 e. The Morgan fingerprint density at radius 3 is 3.00 bits per heavy atom. The first-order valence-electron chi connectivity index (χ1n) is 9.26. The molecule has 8 nitrogen and oxygen atoms in total. The van der Waals surface area contributed by atoms with Gasteiger partial charge in [-0.1, -0.05) is 11.8 Å². The van der Waals surface area contributed by atoms with Gasteiger partial charge < -0.3 is 19.3 Å². The Morgan fingerprint density at radius 1 is 1.48 bits per heavy atom. The minimum atomic E-state index is -0.254. The number of carbonyl (C=O) groups is 1. The van der Waals surface area contributed by atoms with E-state index in [1.54, 1.807) is 12.3 Å². The number of hydrogen-bond acceptors (Lipinski definition) is 7. The number of piperidine rings is 2. The SMILES string of the molecule is CN1CC(O)CC2(CCN(C(=O)CSc3n[nH]c(-c4ccco4)n3)CC2)C1. The van der Waals surface area contributed by atoms with Crippen LogP contribution < -0.4 is 0 Å². The summed E-state index contributed by atoms with van der Waals surface area (Å²) in [6.07, 6.45) is 4.08. The number of nitrogens with one attached hydrogen (secondary N) is 1. The van der Waals surface area contributed by atoms with E-state index in [-0.39, 0.29) is 17.4 Å². The van der Waals surface area contributed by atoms with Gasteiger partial charge in [0.05, 0.1) is 18.1 Å². The number of amides is 1. The number of H-pyrrole nitrogens is 1. The van der Waals surface area contributed by atoms with Crippen LogP contribution in [0, 0.1) is 5.41 Å². The highest BCUT2D eigenvalue weighted by molar-refractivity contribution is 7.99. The molecule has 9 heteroatoms. The van der Waals surface area contributed by atoms with E-state index in [1.807, 2.05) is 11.0 Å². The van der Waals surface area contributed by atoms with Crippen molar-refractivity contribution in [3.05, 3.63) is 18.4 Å². The Bertz CT molecular complexity index is 758. The van der Waals surface area contributed by atoms with Gasteiger partial charge in [-0.3, -0.25) is 9.89 Å². The zero-order chi connectivity index (χ0) is 18.9. The first-order chi connectivity index (χ1) is 13.0. The van der Waals surface area contributed by atoms with Gasteiger partial charge >= 0.3 is 0 Å². The lowest BCUT2D eigenvalue weighted by atomic mass is 9.72.